The van der Waals surface area contributed by atoms with Crippen LogP contribution in [0, 0.1) is 5.92 Å². The summed E-state index contributed by atoms with van der Waals surface area (Å²) in [5, 5.41) is 5.81. The monoisotopic (exact) mass is 462 g/mol. The van der Waals surface area contributed by atoms with Crippen LogP contribution >= 0.6 is 15.9 Å². The zero-order chi connectivity index (χ0) is 21.6. The first-order chi connectivity index (χ1) is 13.7. The first-order valence-electron chi connectivity index (χ1n) is 9.35. The van der Waals surface area contributed by atoms with E-state index in [1.165, 1.54) is 14.2 Å². The Morgan fingerprint density at radius 1 is 0.897 bits per heavy atom. The lowest BCUT2D eigenvalue weighted by Crippen LogP contribution is -2.50. The van der Waals surface area contributed by atoms with Gasteiger partial charge in [0, 0.05) is 16.1 Å². The average molecular weight is 463 g/mol. The zero-order valence-corrected chi connectivity index (χ0v) is 18.9. The molecule has 0 aliphatic carbocycles. The summed E-state index contributed by atoms with van der Waals surface area (Å²) in [6.07, 6.45) is 0. The lowest BCUT2D eigenvalue weighted by Gasteiger charge is -2.24. The van der Waals surface area contributed by atoms with Gasteiger partial charge in [-0.1, -0.05) is 41.9 Å². The molecule has 7 heteroatoms. The molecule has 0 spiro atoms. The van der Waals surface area contributed by atoms with Gasteiger partial charge in [-0.15, -0.1) is 0 Å². The van der Waals surface area contributed by atoms with E-state index in [-0.39, 0.29) is 23.8 Å². The number of ether oxygens (including phenoxy) is 2. The van der Waals surface area contributed by atoms with Gasteiger partial charge in [-0.2, -0.15) is 0 Å². The number of halogens is 1. The van der Waals surface area contributed by atoms with E-state index in [2.05, 4.69) is 26.6 Å². The molecule has 0 fully saturated rings. The number of hydrogen-bond acceptors (Lipinski definition) is 4. The van der Waals surface area contributed by atoms with Gasteiger partial charge in [-0.3, -0.25) is 9.59 Å². The van der Waals surface area contributed by atoms with Gasteiger partial charge in [-0.05, 0) is 42.7 Å². The zero-order valence-electron chi connectivity index (χ0n) is 17.3. The summed E-state index contributed by atoms with van der Waals surface area (Å²) < 4.78 is 11.4. The molecule has 0 aliphatic heterocycles. The van der Waals surface area contributed by atoms with Crippen molar-refractivity contribution in [2.75, 3.05) is 14.2 Å². The third-order valence-electron chi connectivity index (χ3n) is 4.58. The topological polar surface area (TPSA) is 76.7 Å². The van der Waals surface area contributed by atoms with Crippen LogP contribution in [0.5, 0.6) is 11.5 Å². The second kappa shape index (κ2) is 10.3. The minimum atomic E-state index is -0.683. The van der Waals surface area contributed by atoms with Crippen molar-refractivity contribution < 1.29 is 19.1 Å². The molecule has 2 amide bonds. The van der Waals surface area contributed by atoms with Gasteiger partial charge in [0.1, 0.15) is 17.5 Å². The van der Waals surface area contributed by atoms with E-state index in [1.807, 2.05) is 45.0 Å². The Kier molecular flexibility index (Phi) is 8.08. The van der Waals surface area contributed by atoms with Crippen LogP contribution in [-0.4, -0.2) is 32.1 Å². The Morgan fingerprint density at radius 2 is 1.45 bits per heavy atom. The fourth-order valence-electron chi connectivity index (χ4n) is 2.84. The van der Waals surface area contributed by atoms with Crippen LogP contribution in [0.25, 0.3) is 0 Å². The molecular weight excluding hydrogens is 436 g/mol. The molecule has 0 radical (unpaired) electrons. The van der Waals surface area contributed by atoms with E-state index in [9.17, 15) is 9.59 Å². The fraction of sp³-hybridized carbons (Fsp3) is 0.364. The van der Waals surface area contributed by atoms with Crippen molar-refractivity contribution in [1.82, 2.24) is 10.6 Å². The second-order valence-electron chi connectivity index (χ2n) is 7.08. The standard InChI is InChI=1S/C22H27BrN2O4/c1-13(2)20(22(27)24-14(3)15-6-8-17(23)9-7-15)25-21(26)16-10-18(28-4)12-19(11-16)29-5/h6-14,20H,1-5H3,(H,24,27)(H,25,26). The van der Waals surface area contributed by atoms with Gasteiger partial charge in [0.05, 0.1) is 20.3 Å². The van der Waals surface area contributed by atoms with Crippen molar-refractivity contribution >= 4 is 27.7 Å². The van der Waals surface area contributed by atoms with E-state index in [4.69, 9.17) is 9.47 Å². The molecule has 0 saturated heterocycles. The molecule has 156 valence electrons. The van der Waals surface area contributed by atoms with Crippen molar-refractivity contribution in [3.63, 3.8) is 0 Å². The molecule has 6 nitrogen and oxygen atoms in total. The highest BCUT2D eigenvalue weighted by molar-refractivity contribution is 9.10. The normalized spacial score (nSPS) is 12.8. The summed E-state index contributed by atoms with van der Waals surface area (Å²) in [6.45, 7) is 5.69. The van der Waals surface area contributed by atoms with Gasteiger partial charge in [0.25, 0.3) is 5.91 Å². The predicted octanol–water partition coefficient (Wildman–Crippen LogP) is 4.10. The van der Waals surface area contributed by atoms with E-state index in [0.717, 1.165) is 10.0 Å². The highest BCUT2D eigenvalue weighted by Crippen LogP contribution is 2.23. The summed E-state index contributed by atoms with van der Waals surface area (Å²) in [6, 6.07) is 11.8. The number of rotatable bonds is 8. The minimum Gasteiger partial charge on any atom is -0.497 e. The smallest absolute Gasteiger partial charge is 0.252 e. The number of carbonyl (C=O) groups excluding carboxylic acids is 2. The Hall–Kier alpha value is -2.54. The van der Waals surface area contributed by atoms with Gasteiger partial charge in [-0.25, -0.2) is 0 Å². The van der Waals surface area contributed by atoms with Gasteiger partial charge in [0.15, 0.2) is 0 Å². The Morgan fingerprint density at radius 3 is 1.93 bits per heavy atom. The maximum Gasteiger partial charge on any atom is 0.252 e. The number of nitrogens with one attached hydrogen (secondary N) is 2. The summed E-state index contributed by atoms with van der Waals surface area (Å²) in [4.78, 5) is 25.7. The lowest BCUT2D eigenvalue weighted by molar-refractivity contribution is -0.124. The average Bonchev–Trinajstić information content (AvgIpc) is 2.71. The number of carbonyl (C=O) groups is 2. The molecule has 0 bridgehead atoms. The fourth-order valence-corrected chi connectivity index (χ4v) is 3.10. The molecule has 0 aromatic heterocycles. The van der Waals surface area contributed by atoms with Gasteiger partial charge >= 0.3 is 0 Å². The maximum atomic E-state index is 12.9. The van der Waals surface area contributed by atoms with Crippen LogP contribution in [0.15, 0.2) is 46.9 Å². The molecule has 2 aromatic carbocycles. The summed E-state index contributed by atoms with van der Waals surface area (Å²) >= 11 is 3.40. The lowest BCUT2D eigenvalue weighted by atomic mass is 10.0. The van der Waals surface area contributed by atoms with E-state index >= 15 is 0 Å². The van der Waals surface area contributed by atoms with Crippen molar-refractivity contribution in [3.05, 3.63) is 58.1 Å². The Balaban J connectivity index is 2.13. The largest absolute Gasteiger partial charge is 0.497 e. The van der Waals surface area contributed by atoms with Crippen LogP contribution in [-0.2, 0) is 4.79 Å². The first-order valence-corrected chi connectivity index (χ1v) is 10.1. The molecule has 0 heterocycles. The Labute approximate surface area is 180 Å². The molecule has 2 rings (SSSR count). The Bertz CT molecular complexity index is 830. The molecule has 2 aromatic rings. The first kappa shape index (κ1) is 22.7. The summed E-state index contributed by atoms with van der Waals surface area (Å²) in [5.41, 5.74) is 1.34. The second-order valence-corrected chi connectivity index (χ2v) is 7.99. The highest BCUT2D eigenvalue weighted by atomic mass is 79.9. The molecule has 0 aliphatic rings. The molecule has 0 saturated carbocycles. The number of benzene rings is 2. The van der Waals surface area contributed by atoms with Crippen LogP contribution in [0.3, 0.4) is 0 Å². The molecule has 2 unspecified atom stereocenters. The molecule has 29 heavy (non-hydrogen) atoms. The predicted molar refractivity (Wildman–Crippen MR) is 116 cm³/mol. The highest BCUT2D eigenvalue weighted by Gasteiger charge is 2.26. The van der Waals surface area contributed by atoms with Crippen LogP contribution in [0.4, 0.5) is 0 Å². The summed E-state index contributed by atoms with van der Waals surface area (Å²) in [5.74, 6) is 0.308. The summed E-state index contributed by atoms with van der Waals surface area (Å²) in [7, 11) is 3.04. The minimum absolute atomic E-state index is 0.0939. The molecule has 2 atom stereocenters. The van der Waals surface area contributed by atoms with Crippen molar-refractivity contribution in [1.29, 1.82) is 0 Å². The number of hydrogen-bond donors (Lipinski definition) is 2. The van der Waals surface area contributed by atoms with E-state index in [1.54, 1.807) is 18.2 Å². The molecular formula is C22H27BrN2O4. The maximum absolute atomic E-state index is 12.9. The van der Waals surface area contributed by atoms with Gasteiger partial charge in [0.2, 0.25) is 5.91 Å². The van der Waals surface area contributed by atoms with E-state index in [0.29, 0.717) is 17.1 Å². The third-order valence-corrected chi connectivity index (χ3v) is 5.11. The quantitative estimate of drug-likeness (QED) is 0.618. The van der Waals surface area contributed by atoms with Crippen molar-refractivity contribution in [2.45, 2.75) is 32.9 Å². The van der Waals surface area contributed by atoms with E-state index < -0.39 is 6.04 Å². The number of amides is 2. The van der Waals surface area contributed by atoms with Crippen LogP contribution in [0.1, 0.15) is 42.7 Å². The SMILES string of the molecule is COc1cc(OC)cc(C(=O)NC(C(=O)NC(C)c2ccc(Br)cc2)C(C)C)c1. The van der Waals surface area contributed by atoms with Crippen molar-refractivity contribution in [2.24, 2.45) is 5.92 Å². The van der Waals surface area contributed by atoms with Crippen LogP contribution < -0.4 is 20.1 Å². The third kappa shape index (κ3) is 6.22. The van der Waals surface area contributed by atoms with Crippen molar-refractivity contribution in [3.8, 4) is 11.5 Å². The number of methoxy groups -OCH3 is 2. The van der Waals surface area contributed by atoms with Gasteiger partial charge < -0.3 is 20.1 Å². The van der Waals surface area contributed by atoms with Crippen LogP contribution in [0.2, 0.25) is 0 Å². The molecule has 2 N–H and O–H groups in total.